The average molecular weight is 395 g/mol. The summed E-state index contributed by atoms with van der Waals surface area (Å²) < 4.78 is 0. The van der Waals surface area contributed by atoms with Crippen molar-refractivity contribution in [2.75, 3.05) is 0 Å². The Labute approximate surface area is 168 Å². The molecule has 0 aromatic rings. The molecule has 0 bridgehead atoms. The number of rotatable bonds is 3. The minimum atomic E-state index is -0.797. The van der Waals surface area contributed by atoms with E-state index in [1.54, 1.807) is 0 Å². The van der Waals surface area contributed by atoms with Crippen LogP contribution >= 0.6 is 0 Å². The summed E-state index contributed by atoms with van der Waals surface area (Å²) in [4.78, 5) is 11.3. The van der Waals surface area contributed by atoms with Gasteiger partial charge in [0.2, 0.25) is 0 Å². The molecule has 0 heterocycles. The summed E-state index contributed by atoms with van der Waals surface area (Å²) in [5.41, 5.74) is 0.0635. The van der Waals surface area contributed by atoms with Gasteiger partial charge in [0, 0.05) is 6.42 Å². The topological polar surface area (TPSA) is 98.0 Å². The number of aliphatic hydroxyl groups is 3. The first kappa shape index (κ1) is 20.6. The van der Waals surface area contributed by atoms with Gasteiger partial charge in [0.05, 0.1) is 18.3 Å². The van der Waals surface area contributed by atoms with Gasteiger partial charge in [0.15, 0.2) is 0 Å². The normalized spacial score (nSPS) is 54.4. The molecule has 4 fully saturated rings. The van der Waals surface area contributed by atoms with Crippen LogP contribution in [0, 0.1) is 46.3 Å². The lowest BCUT2D eigenvalue weighted by Gasteiger charge is -2.62. The van der Waals surface area contributed by atoms with E-state index in [1.807, 2.05) is 6.92 Å². The predicted octanol–water partition coefficient (Wildman–Crippen LogP) is 3.06. The van der Waals surface area contributed by atoms with E-state index in [4.69, 9.17) is 0 Å². The van der Waals surface area contributed by atoms with E-state index in [9.17, 15) is 25.2 Å². The molecule has 5 heteroatoms. The van der Waals surface area contributed by atoms with Crippen LogP contribution in [-0.4, -0.2) is 44.7 Å². The molecular formula is C23H38O5. The van der Waals surface area contributed by atoms with Gasteiger partial charge in [-0.2, -0.15) is 0 Å². The molecule has 4 saturated carbocycles. The van der Waals surface area contributed by atoms with Crippen LogP contribution in [-0.2, 0) is 4.79 Å². The van der Waals surface area contributed by atoms with Crippen LogP contribution in [0.25, 0.3) is 0 Å². The SMILES string of the molecule is C[C@H](CC(=O)O)[C@H]1[C@H](O)C[C@H]2[C@@H]3[C@H](O)C[C@@H]4C[C@H](O)CC[C@]4(C)[C@H]3CC[C@]12C. The summed E-state index contributed by atoms with van der Waals surface area (Å²) in [7, 11) is 0. The van der Waals surface area contributed by atoms with Crippen LogP contribution in [0.5, 0.6) is 0 Å². The lowest BCUT2D eigenvalue weighted by molar-refractivity contribution is -0.175. The minimum absolute atomic E-state index is 0.0135. The molecule has 0 aliphatic heterocycles. The summed E-state index contributed by atoms with van der Waals surface area (Å²) in [6.45, 7) is 6.60. The summed E-state index contributed by atoms with van der Waals surface area (Å²) in [6, 6.07) is 0. The van der Waals surface area contributed by atoms with Crippen molar-refractivity contribution < 1.29 is 25.2 Å². The second-order valence-electron chi connectivity index (χ2n) is 11.2. The number of hydrogen-bond acceptors (Lipinski definition) is 4. The molecule has 0 saturated heterocycles. The molecule has 4 N–H and O–H groups in total. The average Bonchev–Trinajstić information content (AvgIpc) is 2.86. The third-order valence-electron chi connectivity index (χ3n) is 9.87. The fraction of sp³-hybridized carbons (Fsp3) is 0.957. The van der Waals surface area contributed by atoms with Crippen molar-refractivity contribution in [1.29, 1.82) is 0 Å². The zero-order valence-electron chi connectivity index (χ0n) is 17.6. The van der Waals surface area contributed by atoms with E-state index in [2.05, 4.69) is 13.8 Å². The summed E-state index contributed by atoms with van der Waals surface area (Å²) >= 11 is 0. The lowest BCUT2D eigenvalue weighted by atomic mass is 9.43. The number of carbonyl (C=O) groups is 1. The maximum absolute atomic E-state index is 11.3. The van der Waals surface area contributed by atoms with Crippen LogP contribution in [0.15, 0.2) is 0 Å². The van der Waals surface area contributed by atoms with E-state index in [0.29, 0.717) is 18.3 Å². The molecule has 11 atom stereocenters. The molecule has 4 aliphatic rings. The standard InChI is InChI=1S/C23H38O5/c1-12(8-19(27)28)21-18(26)11-16-20-15(5-7-23(16,21)3)22(2)6-4-14(24)9-13(22)10-17(20)25/h12-18,20-21,24-26H,4-11H2,1-3H3,(H,27,28)/t12-,13+,14-,15+,16+,17-,18-,20-,21+,22+,23+/m1/s1. The maximum atomic E-state index is 11.3. The Kier molecular flexibility index (Phi) is 5.12. The van der Waals surface area contributed by atoms with Crippen molar-refractivity contribution in [2.45, 2.75) is 90.4 Å². The Morgan fingerprint density at radius 3 is 2.32 bits per heavy atom. The Morgan fingerprint density at radius 1 is 0.964 bits per heavy atom. The monoisotopic (exact) mass is 394 g/mol. The van der Waals surface area contributed by atoms with Gasteiger partial charge in [-0.15, -0.1) is 0 Å². The minimum Gasteiger partial charge on any atom is -0.481 e. The van der Waals surface area contributed by atoms with Gasteiger partial charge in [0.1, 0.15) is 0 Å². The highest BCUT2D eigenvalue weighted by atomic mass is 16.4. The second-order valence-corrected chi connectivity index (χ2v) is 11.2. The second kappa shape index (κ2) is 6.95. The molecule has 0 aromatic heterocycles. The largest absolute Gasteiger partial charge is 0.481 e. The van der Waals surface area contributed by atoms with E-state index in [1.165, 1.54) is 0 Å². The third-order valence-corrected chi connectivity index (χ3v) is 9.87. The fourth-order valence-electron chi connectivity index (χ4n) is 8.69. The summed E-state index contributed by atoms with van der Waals surface area (Å²) in [5.74, 6) is 0.383. The van der Waals surface area contributed by atoms with E-state index >= 15 is 0 Å². The van der Waals surface area contributed by atoms with Gasteiger partial charge in [-0.05, 0) is 91.3 Å². The van der Waals surface area contributed by atoms with Crippen molar-refractivity contribution in [1.82, 2.24) is 0 Å². The maximum Gasteiger partial charge on any atom is 0.303 e. The molecule has 4 rings (SSSR count). The smallest absolute Gasteiger partial charge is 0.303 e. The quantitative estimate of drug-likeness (QED) is 0.590. The van der Waals surface area contributed by atoms with Gasteiger partial charge in [-0.3, -0.25) is 4.79 Å². The van der Waals surface area contributed by atoms with Crippen LogP contribution < -0.4 is 0 Å². The van der Waals surface area contributed by atoms with Crippen LogP contribution in [0.4, 0.5) is 0 Å². The number of aliphatic carboxylic acids is 1. The molecule has 0 amide bonds. The van der Waals surface area contributed by atoms with Gasteiger partial charge in [0.25, 0.3) is 0 Å². The molecule has 160 valence electrons. The lowest BCUT2D eigenvalue weighted by Crippen LogP contribution is -2.58. The van der Waals surface area contributed by atoms with Crippen molar-refractivity contribution in [2.24, 2.45) is 46.3 Å². The Balaban J connectivity index is 1.63. The van der Waals surface area contributed by atoms with Gasteiger partial charge in [-0.25, -0.2) is 0 Å². The molecule has 28 heavy (non-hydrogen) atoms. The van der Waals surface area contributed by atoms with Crippen LogP contribution in [0.2, 0.25) is 0 Å². The first-order valence-corrected chi connectivity index (χ1v) is 11.3. The molecule has 4 aliphatic carbocycles. The number of aliphatic hydroxyl groups excluding tert-OH is 3. The molecular weight excluding hydrogens is 356 g/mol. The number of carboxylic acid groups (broad SMARTS) is 1. The number of hydrogen-bond donors (Lipinski definition) is 4. The van der Waals surface area contributed by atoms with Crippen molar-refractivity contribution >= 4 is 5.97 Å². The van der Waals surface area contributed by atoms with Gasteiger partial charge in [-0.1, -0.05) is 20.8 Å². The van der Waals surface area contributed by atoms with Crippen molar-refractivity contribution in [3.8, 4) is 0 Å². The van der Waals surface area contributed by atoms with Crippen LogP contribution in [0.1, 0.15) is 72.1 Å². The highest BCUT2D eigenvalue weighted by Gasteiger charge is 2.64. The number of fused-ring (bicyclic) bond motifs is 5. The third kappa shape index (κ3) is 2.95. The molecule has 5 nitrogen and oxygen atoms in total. The Hall–Kier alpha value is -0.650. The Bertz CT molecular complexity index is 622. The zero-order valence-corrected chi connectivity index (χ0v) is 17.6. The van der Waals surface area contributed by atoms with E-state index < -0.39 is 12.1 Å². The van der Waals surface area contributed by atoms with Crippen molar-refractivity contribution in [3.05, 3.63) is 0 Å². The molecule has 0 unspecified atom stereocenters. The van der Waals surface area contributed by atoms with E-state index in [-0.39, 0.29) is 53.1 Å². The fourth-order valence-corrected chi connectivity index (χ4v) is 8.69. The molecule has 0 spiro atoms. The first-order chi connectivity index (χ1) is 13.1. The predicted molar refractivity (Wildman–Crippen MR) is 105 cm³/mol. The highest BCUT2D eigenvalue weighted by Crippen LogP contribution is 2.68. The molecule has 0 radical (unpaired) electrons. The summed E-state index contributed by atoms with van der Waals surface area (Å²) in [5, 5.41) is 41.6. The zero-order chi connectivity index (χ0) is 20.4. The molecule has 0 aromatic carbocycles. The Morgan fingerprint density at radius 2 is 1.64 bits per heavy atom. The summed E-state index contributed by atoms with van der Waals surface area (Å²) in [6.07, 6.45) is 5.19. The first-order valence-electron chi connectivity index (χ1n) is 11.3. The van der Waals surface area contributed by atoms with E-state index in [0.717, 1.165) is 38.5 Å². The van der Waals surface area contributed by atoms with Gasteiger partial charge < -0.3 is 20.4 Å². The highest BCUT2D eigenvalue weighted by molar-refractivity contribution is 5.67. The number of carboxylic acids is 1. The van der Waals surface area contributed by atoms with Crippen LogP contribution in [0.3, 0.4) is 0 Å². The van der Waals surface area contributed by atoms with Gasteiger partial charge >= 0.3 is 5.97 Å². The van der Waals surface area contributed by atoms with Crippen molar-refractivity contribution in [3.63, 3.8) is 0 Å².